The van der Waals surface area contributed by atoms with Gasteiger partial charge in [0.05, 0.1) is 11.6 Å². The van der Waals surface area contributed by atoms with Gasteiger partial charge in [-0.2, -0.15) is 0 Å². The Morgan fingerprint density at radius 3 is 2.41 bits per heavy atom. The first-order valence-corrected chi connectivity index (χ1v) is 8.34. The van der Waals surface area contributed by atoms with E-state index < -0.39 is 30.1 Å². The van der Waals surface area contributed by atoms with Crippen LogP contribution in [-0.4, -0.2) is 18.5 Å². The molecule has 1 atom stereocenters. The van der Waals surface area contributed by atoms with Crippen molar-refractivity contribution in [3.63, 3.8) is 0 Å². The van der Waals surface area contributed by atoms with Crippen molar-refractivity contribution in [2.75, 3.05) is 6.61 Å². The molecule has 4 nitrogen and oxygen atoms in total. The van der Waals surface area contributed by atoms with Crippen LogP contribution in [0, 0.1) is 11.6 Å². The quantitative estimate of drug-likeness (QED) is 0.688. The smallest absolute Gasteiger partial charge is 0.338 e. The van der Waals surface area contributed by atoms with Crippen LogP contribution in [0.5, 0.6) is 0 Å². The number of fused-ring (bicyclic) bond motifs is 1. The summed E-state index contributed by atoms with van der Waals surface area (Å²) in [5.74, 6) is -3.27. The monoisotopic (exact) mass is 369 g/mol. The van der Waals surface area contributed by atoms with Crippen LogP contribution in [0.3, 0.4) is 0 Å². The fourth-order valence-corrected chi connectivity index (χ4v) is 2.88. The van der Waals surface area contributed by atoms with E-state index >= 15 is 0 Å². The van der Waals surface area contributed by atoms with E-state index in [4.69, 9.17) is 4.74 Å². The summed E-state index contributed by atoms with van der Waals surface area (Å²) in [4.78, 5) is 23.9. The number of carbonyl (C=O) groups excluding carboxylic acids is 2. The number of halogens is 2. The lowest BCUT2D eigenvalue weighted by atomic mass is 10.00. The van der Waals surface area contributed by atoms with E-state index in [1.165, 1.54) is 0 Å². The molecule has 0 bridgehead atoms. The summed E-state index contributed by atoms with van der Waals surface area (Å²) in [5, 5.41) is 4.82. The first-order chi connectivity index (χ1) is 12.9. The van der Waals surface area contributed by atoms with Crippen LogP contribution in [0.1, 0.15) is 28.9 Å². The van der Waals surface area contributed by atoms with Crippen LogP contribution in [0.4, 0.5) is 8.78 Å². The van der Waals surface area contributed by atoms with Crippen LogP contribution < -0.4 is 5.32 Å². The maximum Gasteiger partial charge on any atom is 0.338 e. The molecule has 0 radical (unpaired) electrons. The van der Waals surface area contributed by atoms with Crippen molar-refractivity contribution < 1.29 is 23.1 Å². The number of nitrogens with one attached hydrogen (secondary N) is 1. The van der Waals surface area contributed by atoms with Gasteiger partial charge in [0.1, 0.15) is 11.6 Å². The van der Waals surface area contributed by atoms with Crippen molar-refractivity contribution in [2.24, 2.45) is 0 Å². The molecule has 138 valence electrons. The largest absolute Gasteiger partial charge is 0.452 e. The normalized spacial score (nSPS) is 11.8. The van der Waals surface area contributed by atoms with Crippen LogP contribution >= 0.6 is 0 Å². The molecule has 0 heterocycles. The maximum atomic E-state index is 13.1. The van der Waals surface area contributed by atoms with E-state index in [2.05, 4.69) is 5.32 Å². The lowest BCUT2D eigenvalue weighted by molar-refractivity contribution is -0.124. The average Bonchev–Trinajstić information content (AvgIpc) is 2.64. The Morgan fingerprint density at radius 1 is 1.00 bits per heavy atom. The summed E-state index contributed by atoms with van der Waals surface area (Å²) >= 11 is 0. The summed E-state index contributed by atoms with van der Waals surface area (Å²) in [5.41, 5.74) is 0.641. The summed E-state index contributed by atoms with van der Waals surface area (Å²) in [6.07, 6.45) is 0. The highest BCUT2D eigenvalue weighted by atomic mass is 19.1. The van der Waals surface area contributed by atoms with Gasteiger partial charge < -0.3 is 10.1 Å². The summed E-state index contributed by atoms with van der Waals surface area (Å²) in [7, 11) is 0. The Hall–Kier alpha value is -3.28. The Balaban J connectivity index is 1.62. The molecule has 3 rings (SSSR count). The van der Waals surface area contributed by atoms with Crippen LogP contribution in [0.2, 0.25) is 0 Å². The highest BCUT2D eigenvalue weighted by molar-refractivity contribution is 5.91. The molecule has 3 aromatic carbocycles. The van der Waals surface area contributed by atoms with E-state index in [1.54, 1.807) is 0 Å². The molecule has 27 heavy (non-hydrogen) atoms. The Labute approximate surface area is 154 Å². The summed E-state index contributed by atoms with van der Waals surface area (Å²) in [6, 6.07) is 15.6. The number of amides is 1. The zero-order valence-corrected chi connectivity index (χ0v) is 14.5. The first-order valence-electron chi connectivity index (χ1n) is 8.34. The standard InChI is InChI=1S/C21H17F2NO3/c1-13(18-8-4-6-14-5-2-3-7-19(14)18)24-20(25)12-27-21(26)15-9-16(22)11-17(23)10-15/h2-11,13H,12H2,1H3,(H,24,25). The Bertz CT molecular complexity index is 978. The third kappa shape index (κ3) is 4.47. The fraction of sp³-hybridized carbons (Fsp3) is 0.143. The van der Waals surface area contributed by atoms with Gasteiger partial charge in [-0.25, -0.2) is 13.6 Å². The molecular formula is C21H17F2NO3. The Kier molecular flexibility index (Phi) is 5.45. The van der Waals surface area contributed by atoms with Gasteiger partial charge >= 0.3 is 5.97 Å². The molecule has 0 saturated heterocycles. The molecule has 6 heteroatoms. The molecule has 0 aromatic heterocycles. The number of hydrogen-bond acceptors (Lipinski definition) is 3. The molecule has 0 fully saturated rings. The number of benzene rings is 3. The van der Waals surface area contributed by atoms with Gasteiger partial charge in [0.2, 0.25) is 0 Å². The zero-order chi connectivity index (χ0) is 19.4. The SMILES string of the molecule is CC(NC(=O)COC(=O)c1cc(F)cc(F)c1)c1cccc2ccccc12. The topological polar surface area (TPSA) is 55.4 Å². The second-order valence-electron chi connectivity index (χ2n) is 6.09. The lowest BCUT2D eigenvalue weighted by Gasteiger charge is -2.16. The fourth-order valence-electron chi connectivity index (χ4n) is 2.88. The van der Waals surface area contributed by atoms with Crippen LogP contribution in [0.25, 0.3) is 10.8 Å². The highest BCUT2D eigenvalue weighted by Gasteiger charge is 2.15. The maximum absolute atomic E-state index is 13.1. The summed E-state index contributed by atoms with van der Waals surface area (Å²) < 4.78 is 31.1. The minimum Gasteiger partial charge on any atom is -0.452 e. The second kappa shape index (κ2) is 7.95. The van der Waals surface area contributed by atoms with E-state index in [-0.39, 0.29) is 11.6 Å². The number of ether oxygens (including phenoxy) is 1. The van der Waals surface area contributed by atoms with Gasteiger partial charge in [-0.05, 0) is 35.4 Å². The van der Waals surface area contributed by atoms with Crippen molar-refractivity contribution in [1.29, 1.82) is 0 Å². The molecule has 1 amide bonds. The number of hydrogen-bond donors (Lipinski definition) is 1. The highest BCUT2D eigenvalue weighted by Crippen LogP contribution is 2.23. The van der Waals surface area contributed by atoms with Crippen molar-refractivity contribution in [1.82, 2.24) is 5.32 Å². The first kappa shape index (κ1) is 18.5. The number of carbonyl (C=O) groups is 2. The zero-order valence-electron chi connectivity index (χ0n) is 14.5. The lowest BCUT2D eigenvalue weighted by Crippen LogP contribution is -2.31. The van der Waals surface area contributed by atoms with E-state index in [1.807, 2.05) is 49.4 Å². The van der Waals surface area contributed by atoms with Crippen LogP contribution in [0.15, 0.2) is 60.7 Å². The van der Waals surface area contributed by atoms with Gasteiger partial charge in [-0.15, -0.1) is 0 Å². The third-order valence-corrected chi connectivity index (χ3v) is 4.10. The molecule has 0 aliphatic rings. The minimum atomic E-state index is -0.971. The molecule has 3 aromatic rings. The molecule has 0 spiro atoms. The molecule has 0 aliphatic carbocycles. The van der Waals surface area contributed by atoms with Crippen LogP contribution in [-0.2, 0) is 9.53 Å². The third-order valence-electron chi connectivity index (χ3n) is 4.10. The molecule has 0 aliphatic heterocycles. The van der Waals surface area contributed by atoms with Crippen molar-refractivity contribution in [2.45, 2.75) is 13.0 Å². The van der Waals surface area contributed by atoms with E-state index in [0.717, 1.165) is 28.5 Å². The molecule has 1 unspecified atom stereocenters. The van der Waals surface area contributed by atoms with Gasteiger partial charge in [-0.3, -0.25) is 4.79 Å². The Morgan fingerprint density at radius 2 is 1.67 bits per heavy atom. The average molecular weight is 369 g/mol. The van der Waals surface area contributed by atoms with Gasteiger partial charge in [0, 0.05) is 6.07 Å². The number of rotatable bonds is 5. The molecule has 1 N–H and O–H groups in total. The predicted molar refractivity (Wildman–Crippen MR) is 97.1 cm³/mol. The van der Waals surface area contributed by atoms with E-state index in [0.29, 0.717) is 6.07 Å². The van der Waals surface area contributed by atoms with Crippen molar-refractivity contribution in [3.8, 4) is 0 Å². The number of esters is 1. The second-order valence-corrected chi connectivity index (χ2v) is 6.09. The summed E-state index contributed by atoms with van der Waals surface area (Å²) in [6.45, 7) is 1.27. The molecular weight excluding hydrogens is 352 g/mol. The van der Waals surface area contributed by atoms with Gasteiger partial charge in [-0.1, -0.05) is 42.5 Å². The van der Waals surface area contributed by atoms with Crippen molar-refractivity contribution >= 4 is 22.6 Å². The minimum absolute atomic E-state index is 0.289. The predicted octanol–water partition coefficient (Wildman–Crippen LogP) is 4.15. The van der Waals surface area contributed by atoms with E-state index in [9.17, 15) is 18.4 Å². The van der Waals surface area contributed by atoms with Gasteiger partial charge in [0.25, 0.3) is 5.91 Å². The van der Waals surface area contributed by atoms with Gasteiger partial charge in [0.15, 0.2) is 6.61 Å². The van der Waals surface area contributed by atoms with Crippen molar-refractivity contribution in [3.05, 3.63) is 83.4 Å². The molecule has 0 saturated carbocycles.